The highest BCUT2D eigenvalue weighted by Gasteiger charge is 2.23. The maximum Gasteiger partial charge on any atom is 0.263 e. The second-order valence-corrected chi connectivity index (χ2v) is 8.94. The molecule has 34 heavy (non-hydrogen) atoms. The molecule has 0 radical (unpaired) electrons. The summed E-state index contributed by atoms with van der Waals surface area (Å²) in [5.74, 6) is 0.888. The van der Waals surface area contributed by atoms with Gasteiger partial charge in [0.1, 0.15) is 5.82 Å². The van der Waals surface area contributed by atoms with Crippen molar-refractivity contribution in [3.8, 4) is 22.9 Å². The summed E-state index contributed by atoms with van der Waals surface area (Å²) in [6.45, 7) is 7.75. The van der Waals surface area contributed by atoms with Crippen LogP contribution in [0.25, 0.3) is 27.6 Å². The van der Waals surface area contributed by atoms with E-state index in [-0.39, 0.29) is 17.8 Å². The first-order valence-corrected chi connectivity index (χ1v) is 11.5. The third-order valence-electron chi connectivity index (χ3n) is 6.31. The van der Waals surface area contributed by atoms with Gasteiger partial charge in [0.25, 0.3) is 5.56 Å². The number of morpholine rings is 1. The van der Waals surface area contributed by atoms with Crippen molar-refractivity contribution in [1.82, 2.24) is 9.55 Å². The van der Waals surface area contributed by atoms with E-state index in [9.17, 15) is 4.79 Å². The molecule has 4 aromatic rings. The van der Waals surface area contributed by atoms with Gasteiger partial charge in [0, 0.05) is 24.7 Å². The van der Waals surface area contributed by atoms with Crippen LogP contribution in [0.5, 0.6) is 0 Å². The van der Waals surface area contributed by atoms with Gasteiger partial charge in [-0.05, 0) is 73.2 Å². The van der Waals surface area contributed by atoms with Gasteiger partial charge in [0.05, 0.1) is 35.7 Å². The van der Waals surface area contributed by atoms with Crippen molar-refractivity contribution in [2.45, 2.75) is 33.0 Å². The summed E-state index contributed by atoms with van der Waals surface area (Å²) in [6, 6.07) is 19.3. The molecule has 0 bridgehead atoms. The maximum atomic E-state index is 13.5. The molecule has 2 aromatic heterocycles. The smallest absolute Gasteiger partial charge is 0.263 e. The minimum Gasteiger partial charge on any atom is -0.372 e. The first-order valence-electron chi connectivity index (χ1n) is 11.5. The van der Waals surface area contributed by atoms with Crippen LogP contribution in [0.1, 0.15) is 25.0 Å². The van der Waals surface area contributed by atoms with Gasteiger partial charge in [-0.1, -0.05) is 24.3 Å². The van der Waals surface area contributed by atoms with Crippen LogP contribution in [-0.2, 0) is 4.74 Å². The monoisotopic (exact) mass is 450 g/mol. The number of aryl methyl sites for hydroxylation is 1. The normalized spacial score (nSPS) is 18.1. The topological polar surface area (TPSA) is 71.2 Å². The van der Waals surface area contributed by atoms with Crippen molar-refractivity contribution in [2.75, 3.05) is 18.0 Å². The summed E-state index contributed by atoms with van der Waals surface area (Å²) in [6.07, 6.45) is 3.95. The number of benzene rings is 2. The Morgan fingerprint density at radius 3 is 2.41 bits per heavy atom. The number of fused-ring (bicyclic) bond motifs is 1. The SMILES string of the molecule is Cc1cn(-c2ccc(N3C[C@@H](C)O[C@@H](C)C3)nc2)c(=O)c2cccc(-c3ccc(C#N)cc3)c12. The van der Waals surface area contributed by atoms with E-state index in [1.54, 1.807) is 22.9 Å². The lowest BCUT2D eigenvalue weighted by Crippen LogP contribution is -2.45. The van der Waals surface area contributed by atoms with E-state index in [0.717, 1.165) is 46.7 Å². The maximum absolute atomic E-state index is 13.5. The lowest BCUT2D eigenvalue weighted by molar-refractivity contribution is -0.00545. The quantitative estimate of drug-likeness (QED) is 0.446. The minimum atomic E-state index is -0.0840. The molecule has 1 fully saturated rings. The lowest BCUT2D eigenvalue weighted by atomic mass is 9.96. The molecular formula is C28H26N4O2. The molecule has 1 saturated heterocycles. The van der Waals surface area contributed by atoms with Crippen LogP contribution in [0.15, 0.2) is 71.8 Å². The number of hydrogen-bond acceptors (Lipinski definition) is 5. The molecule has 2 atom stereocenters. The number of ether oxygens (including phenoxy) is 1. The number of nitrogens with zero attached hydrogens (tertiary/aromatic N) is 4. The predicted molar refractivity (Wildman–Crippen MR) is 134 cm³/mol. The van der Waals surface area contributed by atoms with E-state index < -0.39 is 0 Å². The predicted octanol–water partition coefficient (Wildman–Crippen LogP) is 4.85. The molecule has 0 spiro atoms. The molecule has 170 valence electrons. The number of nitriles is 1. The third-order valence-corrected chi connectivity index (χ3v) is 6.31. The first kappa shape index (κ1) is 21.9. The Bertz CT molecular complexity index is 1440. The first-order chi connectivity index (χ1) is 16.4. The fourth-order valence-electron chi connectivity index (χ4n) is 4.83. The molecule has 5 rings (SSSR count). The van der Waals surface area contributed by atoms with E-state index in [1.807, 2.05) is 55.6 Å². The lowest BCUT2D eigenvalue weighted by Gasteiger charge is -2.36. The van der Waals surface area contributed by atoms with E-state index >= 15 is 0 Å². The summed E-state index contributed by atoms with van der Waals surface area (Å²) in [7, 11) is 0. The Morgan fingerprint density at radius 2 is 1.76 bits per heavy atom. The number of anilines is 1. The molecule has 3 heterocycles. The summed E-state index contributed by atoms with van der Waals surface area (Å²) in [4.78, 5) is 20.4. The van der Waals surface area contributed by atoms with E-state index in [4.69, 9.17) is 10.00 Å². The molecular weight excluding hydrogens is 424 g/mol. The zero-order chi connectivity index (χ0) is 23.8. The van der Waals surface area contributed by atoms with Gasteiger partial charge in [-0.15, -0.1) is 0 Å². The average Bonchev–Trinajstić information content (AvgIpc) is 2.85. The van der Waals surface area contributed by atoms with Crippen molar-refractivity contribution >= 4 is 16.6 Å². The molecule has 1 aliphatic heterocycles. The Kier molecular flexibility index (Phi) is 5.64. The second-order valence-electron chi connectivity index (χ2n) is 8.94. The minimum absolute atomic E-state index is 0.0840. The van der Waals surface area contributed by atoms with Gasteiger partial charge in [-0.3, -0.25) is 9.36 Å². The Hall–Kier alpha value is -3.95. The van der Waals surface area contributed by atoms with E-state index in [2.05, 4.69) is 29.8 Å². The van der Waals surface area contributed by atoms with Crippen LogP contribution >= 0.6 is 0 Å². The van der Waals surface area contributed by atoms with Gasteiger partial charge in [0.2, 0.25) is 0 Å². The summed E-state index contributed by atoms with van der Waals surface area (Å²) in [5, 5.41) is 10.7. The molecule has 0 amide bonds. The fourth-order valence-corrected chi connectivity index (χ4v) is 4.83. The van der Waals surface area contributed by atoms with Crippen LogP contribution in [-0.4, -0.2) is 34.8 Å². The van der Waals surface area contributed by atoms with Crippen LogP contribution < -0.4 is 10.5 Å². The van der Waals surface area contributed by atoms with Crippen LogP contribution in [0.2, 0.25) is 0 Å². The van der Waals surface area contributed by atoms with Crippen molar-refractivity contribution in [1.29, 1.82) is 5.26 Å². The molecule has 1 aliphatic rings. The van der Waals surface area contributed by atoms with Gasteiger partial charge >= 0.3 is 0 Å². The standard InChI is InChI=1S/C28H26N4O2/c1-18-15-32(23-11-12-26(30-14-23)31-16-19(2)34-20(3)17-31)28(33)25-6-4-5-24(27(18)25)22-9-7-21(13-29)8-10-22/h4-12,14-15,19-20H,16-17H2,1-3H3/t19-,20+. The fraction of sp³-hybridized carbons (Fsp3) is 0.250. The number of hydrogen-bond donors (Lipinski definition) is 0. The number of pyridine rings is 2. The van der Waals surface area contributed by atoms with E-state index in [0.29, 0.717) is 10.9 Å². The largest absolute Gasteiger partial charge is 0.372 e. The zero-order valence-electron chi connectivity index (χ0n) is 19.5. The second kappa shape index (κ2) is 8.77. The highest BCUT2D eigenvalue weighted by molar-refractivity contribution is 5.98. The number of rotatable bonds is 3. The Labute approximate surface area is 198 Å². The zero-order valence-corrected chi connectivity index (χ0v) is 19.5. The van der Waals surface area contributed by atoms with Gasteiger partial charge in [-0.25, -0.2) is 4.98 Å². The summed E-state index contributed by atoms with van der Waals surface area (Å²) < 4.78 is 7.49. The molecule has 0 N–H and O–H groups in total. The molecule has 6 nitrogen and oxygen atoms in total. The molecule has 0 aliphatic carbocycles. The summed E-state index contributed by atoms with van der Waals surface area (Å²) in [5.41, 5.74) is 4.21. The van der Waals surface area contributed by atoms with Gasteiger partial charge < -0.3 is 9.64 Å². The molecule has 6 heteroatoms. The van der Waals surface area contributed by atoms with Crippen LogP contribution in [0.3, 0.4) is 0 Å². The molecule has 0 saturated carbocycles. The average molecular weight is 451 g/mol. The highest BCUT2D eigenvalue weighted by Crippen LogP contribution is 2.30. The Balaban J connectivity index is 1.55. The van der Waals surface area contributed by atoms with Gasteiger partial charge in [0.15, 0.2) is 0 Å². The highest BCUT2D eigenvalue weighted by atomic mass is 16.5. The van der Waals surface area contributed by atoms with Crippen LogP contribution in [0, 0.1) is 18.3 Å². The summed E-state index contributed by atoms with van der Waals surface area (Å²) >= 11 is 0. The van der Waals surface area contributed by atoms with Gasteiger partial charge in [-0.2, -0.15) is 5.26 Å². The van der Waals surface area contributed by atoms with Crippen molar-refractivity contribution in [3.05, 3.63) is 88.5 Å². The van der Waals surface area contributed by atoms with Crippen molar-refractivity contribution in [3.63, 3.8) is 0 Å². The van der Waals surface area contributed by atoms with Crippen molar-refractivity contribution < 1.29 is 4.74 Å². The third kappa shape index (κ3) is 3.95. The Morgan fingerprint density at radius 1 is 1.03 bits per heavy atom. The number of aromatic nitrogens is 2. The molecule has 0 unspecified atom stereocenters. The van der Waals surface area contributed by atoms with E-state index in [1.165, 1.54) is 0 Å². The molecule has 2 aromatic carbocycles. The van der Waals surface area contributed by atoms with Crippen LogP contribution in [0.4, 0.5) is 5.82 Å². The van der Waals surface area contributed by atoms with Crippen molar-refractivity contribution in [2.24, 2.45) is 0 Å².